The van der Waals surface area contributed by atoms with Gasteiger partial charge in [-0.25, -0.2) is 4.79 Å². The maximum absolute atomic E-state index is 12.8. The first-order valence-corrected chi connectivity index (χ1v) is 11.0. The standard InChI is InChI=1S/C20H29F3O3S/c1-12(20(21,22)23)17(24)26-14(3)19-8-15-5-16(9-19)7-18(6-15,10-19)13(2)25-11-27-4/h13-16H,1,5-11H2,2-4H3. The highest BCUT2D eigenvalue weighted by Crippen LogP contribution is 2.68. The monoisotopic (exact) mass is 406 g/mol. The molecule has 0 spiro atoms. The molecule has 154 valence electrons. The summed E-state index contributed by atoms with van der Waals surface area (Å²) in [7, 11) is 0. The number of carbonyl (C=O) groups excluding carboxylic acids is 1. The minimum Gasteiger partial charge on any atom is -0.458 e. The number of hydrogen-bond acceptors (Lipinski definition) is 4. The lowest BCUT2D eigenvalue weighted by molar-refractivity contribution is -0.204. The molecule has 4 aliphatic rings. The summed E-state index contributed by atoms with van der Waals surface area (Å²) in [6, 6.07) is 0. The quantitative estimate of drug-likeness (QED) is 0.324. The Hall–Kier alpha value is -0.690. The largest absolute Gasteiger partial charge is 0.458 e. The topological polar surface area (TPSA) is 35.5 Å². The van der Waals surface area contributed by atoms with Crippen molar-refractivity contribution in [3.63, 3.8) is 0 Å². The van der Waals surface area contributed by atoms with Crippen LogP contribution >= 0.6 is 11.8 Å². The van der Waals surface area contributed by atoms with Gasteiger partial charge in [-0.05, 0) is 75.9 Å². The van der Waals surface area contributed by atoms with Gasteiger partial charge in [0.15, 0.2) is 0 Å². The third-order valence-corrected chi connectivity index (χ3v) is 7.56. The van der Waals surface area contributed by atoms with E-state index in [9.17, 15) is 18.0 Å². The second-order valence-electron chi connectivity index (χ2n) is 8.93. The van der Waals surface area contributed by atoms with E-state index in [0.717, 1.165) is 32.1 Å². The maximum Gasteiger partial charge on any atom is 0.422 e. The molecule has 4 saturated carbocycles. The van der Waals surface area contributed by atoms with Gasteiger partial charge in [-0.2, -0.15) is 13.2 Å². The average Bonchev–Trinajstić information content (AvgIpc) is 2.56. The molecule has 4 fully saturated rings. The van der Waals surface area contributed by atoms with Crippen LogP contribution in [0.5, 0.6) is 0 Å². The minimum absolute atomic E-state index is 0.0432. The molecule has 0 N–H and O–H groups in total. The third-order valence-electron chi connectivity index (χ3n) is 7.18. The number of carbonyl (C=O) groups is 1. The Morgan fingerprint density at radius 1 is 1.15 bits per heavy atom. The van der Waals surface area contributed by atoms with Gasteiger partial charge in [0, 0.05) is 5.41 Å². The first kappa shape index (κ1) is 21.0. The number of ether oxygens (including phenoxy) is 2. The van der Waals surface area contributed by atoms with Crippen LogP contribution in [0, 0.1) is 22.7 Å². The van der Waals surface area contributed by atoms with Crippen molar-refractivity contribution >= 4 is 17.7 Å². The van der Waals surface area contributed by atoms with E-state index in [1.54, 1.807) is 18.7 Å². The van der Waals surface area contributed by atoms with Crippen molar-refractivity contribution in [2.45, 2.75) is 70.8 Å². The fourth-order valence-corrected chi connectivity index (χ4v) is 6.52. The van der Waals surface area contributed by atoms with Crippen LogP contribution in [0.1, 0.15) is 52.4 Å². The Labute approximate surface area is 163 Å². The second kappa shape index (κ2) is 7.29. The van der Waals surface area contributed by atoms with E-state index in [4.69, 9.17) is 9.47 Å². The van der Waals surface area contributed by atoms with E-state index >= 15 is 0 Å². The van der Waals surface area contributed by atoms with Crippen LogP contribution in [0.3, 0.4) is 0 Å². The molecular formula is C20H29F3O3S. The third kappa shape index (κ3) is 3.91. The van der Waals surface area contributed by atoms with Crippen molar-refractivity contribution in [3.8, 4) is 0 Å². The van der Waals surface area contributed by atoms with Gasteiger partial charge in [0.25, 0.3) is 0 Å². The van der Waals surface area contributed by atoms with Gasteiger partial charge < -0.3 is 9.47 Å². The first-order chi connectivity index (χ1) is 12.5. The lowest BCUT2D eigenvalue weighted by atomic mass is 9.42. The van der Waals surface area contributed by atoms with Crippen molar-refractivity contribution in [1.29, 1.82) is 0 Å². The summed E-state index contributed by atoms with van der Waals surface area (Å²) in [6.07, 6.45) is 2.89. The number of rotatable bonds is 7. The summed E-state index contributed by atoms with van der Waals surface area (Å²) in [4.78, 5) is 12.0. The molecule has 0 aromatic heterocycles. The number of thioether (sulfide) groups is 1. The van der Waals surface area contributed by atoms with Crippen molar-refractivity contribution < 1.29 is 27.4 Å². The molecule has 4 atom stereocenters. The zero-order valence-corrected chi connectivity index (χ0v) is 17.0. The fraction of sp³-hybridized carbons (Fsp3) is 0.850. The molecular weight excluding hydrogens is 377 g/mol. The van der Waals surface area contributed by atoms with Crippen LogP contribution < -0.4 is 0 Å². The summed E-state index contributed by atoms with van der Waals surface area (Å²) < 4.78 is 49.7. The molecule has 0 aliphatic heterocycles. The van der Waals surface area contributed by atoms with Crippen molar-refractivity contribution in [3.05, 3.63) is 12.2 Å². The maximum atomic E-state index is 12.8. The van der Waals surface area contributed by atoms with Crippen molar-refractivity contribution in [2.75, 3.05) is 12.2 Å². The molecule has 4 rings (SSSR count). The normalized spacial score (nSPS) is 37.1. The van der Waals surface area contributed by atoms with Crippen LogP contribution in [0.25, 0.3) is 0 Å². The van der Waals surface area contributed by atoms with E-state index in [1.807, 2.05) is 6.26 Å². The van der Waals surface area contributed by atoms with Crippen LogP contribution in [0.2, 0.25) is 0 Å². The van der Waals surface area contributed by atoms with Gasteiger partial charge in [-0.1, -0.05) is 6.58 Å². The molecule has 0 radical (unpaired) electrons. The van der Waals surface area contributed by atoms with Crippen LogP contribution in [0.4, 0.5) is 13.2 Å². The predicted molar refractivity (Wildman–Crippen MR) is 99.2 cm³/mol. The molecule has 0 amide bonds. The molecule has 27 heavy (non-hydrogen) atoms. The summed E-state index contributed by atoms with van der Waals surface area (Å²) in [6.45, 7) is 6.76. The van der Waals surface area contributed by atoms with E-state index in [1.165, 1.54) is 6.42 Å². The predicted octanol–water partition coefficient (Wildman–Crippen LogP) is 5.35. The highest BCUT2D eigenvalue weighted by atomic mass is 32.2. The number of alkyl halides is 3. The molecule has 0 heterocycles. The zero-order valence-electron chi connectivity index (χ0n) is 16.2. The van der Waals surface area contributed by atoms with E-state index in [2.05, 4.69) is 13.5 Å². The number of halogens is 3. The minimum atomic E-state index is -4.75. The van der Waals surface area contributed by atoms with Gasteiger partial charge >= 0.3 is 12.1 Å². The zero-order chi connectivity index (χ0) is 20.0. The van der Waals surface area contributed by atoms with Crippen LogP contribution in [-0.2, 0) is 14.3 Å². The second-order valence-corrected chi connectivity index (χ2v) is 9.74. The molecule has 3 nitrogen and oxygen atoms in total. The smallest absolute Gasteiger partial charge is 0.422 e. The summed E-state index contributed by atoms with van der Waals surface area (Å²) in [5.41, 5.74) is -1.63. The Balaban J connectivity index is 1.77. The molecule has 0 saturated heterocycles. The number of hydrogen-bond donors (Lipinski definition) is 0. The van der Waals surface area contributed by atoms with Gasteiger partial charge in [-0.3, -0.25) is 0 Å². The SMILES string of the molecule is C=C(C(=O)OC(C)C12CC3CC(CC(C(C)OCSC)(C3)C1)C2)C(F)(F)F. The fourth-order valence-electron chi connectivity index (χ4n) is 6.18. The molecule has 7 heteroatoms. The van der Waals surface area contributed by atoms with E-state index in [0.29, 0.717) is 17.8 Å². The highest BCUT2D eigenvalue weighted by molar-refractivity contribution is 7.98. The van der Waals surface area contributed by atoms with E-state index < -0.39 is 23.8 Å². The molecule has 0 aromatic rings. The summed E-state index contributed by atoms with van der Waals surface area (Å²) in [5.74, 6) is 0.379. The molecule has 4 unspecified atom stereocenters. The van der Waals surface area contributed by atoms with Gasteiger partial charge in [0.1, 0.15) is 11.7 Å². The Bertz CT molecular complexity index is 590. The summed E-state index contributed by atoms with van der Waals surface area (Å²) in [5, 5.41) is 0. The molecule has 4 bridgehead atoms. The Kier molecular flexibility index (Phi) is 5.67. The first-order valence-electron chi connectivity index (χ1n) is 9.59. The van der Waals surface area contributed by atoms with Crippen LogP contribution in [0.15, 0.2) is 12.2 Å². The number of esters is 1. The Morgan fingerprint density at radius 3 is 2.15 bits per heavy atom. The summed E-state index contributed by atoms with van der Waals surface area (Å²) >= 11 is 1.65. The Morgan fingerprint density at radius 2 is 1.67 bits per heavy atom. The van der Waals surface area contributed by atoms with Crippen molar-refractivity contribution in [2.24, 2.45) is 22.7 Å². The van der Waals surface area contributed by atoms with Crippen molar-refractivity contribution in [1.82, 2.24) is 0 Å². The lowest BCUT2D eigenvalue weighted by Crippen LogP contribution is -2.59. The molecule has 0 aromatic carbocycles. The van der Waals surface area contributed by atoms with Gasteiger partial charge in [0.2, 0.25) is 0 Å². The van der Waals surface area contributed by atoms with E-state index in [-0.39, 0.29) is 16.9 Å². The van der Waals surface area contributed by atoms with Crippen LogP contribution in [-0.4, -0.2) is 36.5 Å². The average molecular weight is 407 g/mol. The van der Waals surface area contributed by atoms with Gasteiger partial charge in [-0.15, -0.1) is 11.8 Å². The van der Waals surface area contributed by atoms with Gasteiger partial charge in [0.05, 0.1) is 12.0 Å². The molecule has 4 aliphatic carbocycles. The highest BCUT2D eigenvalue weighted by Gasteiger charge is 2.62. The lowest BCUT2D eigenvalue weighted by Gasteiger charge is -2.64.